The first-order valence-corrected chi connectivity index (χ1v) is 10.2. The molecule has 0 fully saturated rings. The fourth-order valence-corrected chi connectivity index (χ4v) is 3.99. The van der Waals surface area contributed by atoms with Gasteiger partial charge in [-0.3, -0.25) is 9.48 Å². The summed E-state index contributed by atoms with van der Waals surface area (Å²) in [7, 11) is 6.87. The van der Waals surface area contributed by atoms with Crippen molar-refractivity contribution in [1.82, 2.24) is 20.0 Å². The Hall–Kier alpha value is -2.54. The van der Waals surface area contributed by atoms with Gasteiger partial charge < -0.3 is 19.7 Å². The molecule has 1 aliphatic carbocycles. The highest BCUT2D eigenvalue weighted by Gasteiger charge is 2.29. The van der Waals surface area contributed by atoms with E-state index in [9.17, 15) is 4.79 Å². The van der Waals surface area contributed by atoms with E-state index in [4.69, 9.17) is 9.47 Å². The summed E-state index contributed by atoms with van der Waals surface area (Å²) in [5, 5.41) is 8.31. The zero-order valence-corrected chi connectivity index (χ0v) is 18.1. The summed E-state index contributed by atoms with van der Waals surface area (Å²) in [5.41, 5.74) is 3.97. The van der Waals surface area contributed by atoms with E-state index in [2.05, 4.69) is 17.3 Å². The van der Waals surface area contributed by atoms with Gasteiger partial charge in [0.2, 0.25) is 0 Å². The Bertz CT molecular complexity index is 860. The predicted octanol–water partition coefficient (Wildman–Crippen LogP) is 2.66. The molecule has 0 bridgehead atoms. The first-order valence-electron chi connectivity index (χ1n) is 10.2. The van der Waals surface area contributed by atoms with Gasteiger partial charge in [-0.15, -0.1) is 0 Å². The normalized spacial score (nSPS) is 15.7. The second-order valence-electron chi connectivity index (χ2n) is 7.67. The molecule has 7 nitrogen and oxygen atoms in total. The quantitative estimate of drug-likeness (QED) is 0.738. The summed E-state index contributed by atoms with van der Waals surface area (Å²) in [4.78, 5) is 14.3. The van der Waals surface area contributed by atoms with Crippen molar-refractivity contribution in [2.45, 2.75) is 51.7 Å². The molecule has 0 spiro atoms. The average Bonchev–Trinajstić information content (AvgIpc) is 3.09. The van der Waals surface area contributed by atoms with Crippen molar-refractivity contribution in [3.8, 4) is 11.5 Å². The maximum Gasteiger partial charge on any atom is 0.274 e. The molecule has 1 amide bonds. The Kier molecular flexibility index (Phi) is 6.79. The minimum absolute atomic E-state index is 0.0220. The molecule has 0 saturated heterocycles. The summed E-state index contributed by atoms with van der Waals surface area (Å²) in [6.07, 6.45) is 3.75. The fourth-order valence-electron chi connectivity index (χ4n) is 3.99. The van der Waals surface area contributed by atoms with E-state index in [1.54, 1.807) is 33.2 Å². The monoisotopic (exact) mass is 400 g/mol. The summed E-state index contributed by atoms with van der Waals surface area (Å²) < 4.78 is 13.0. The lowest BCUT2D eigenvalue weighted by molar-refractivity contribution is 0.0819. The van der Waals surface area contributed by atoms with Gasteiger partial charge in [0.15, 0.2) is 17.2 Å². The maximum absolute atomic E-state index is 12.7. The van der Waals surface area contributed by atoms with Gasteiger partial charge in [-0.2, -0.15) is 5.10 Å². The molecular formula is C22H32N4O3. The second-order valence-corrected chi connectivity index (χ2v) is 7.67. The SMILES string of the molecule is CCCn1nc(C(=O)N(C)C)c2c1CC[C@H](NCc1cccc(OC)c1OC)C2. The number of rotatable bonds is 8. The number of carbonyl (C=O) groups excluding carboxylic acids is 1. The molecule has 0 radical (unpaired) electrons. The molecule has 29 heavy (non-hydrogen) atoms. The third kappa shape index (κ3) is 4.40. The standard InChI is InChI=1S/C22H32N4O3/c1-6-12-26-18-11-10-16(13-17(18)20(24-26)22(27)25(2)3)23-14-15-8-7-9-19(28-4)21(15)29-5/h7-9,16,23H,6,10-14H2,1-5H3/t16-/m0/s1. The molecule has 1 aromatic heterocycles. The van der Waals surface area contributed by atoms with Crippen molar-refractivity contribution in [2.24, 2.45) is 0 Å². The van der Waals surface area contributed by atoms with Crippen molar-refractivity contribution >= 4 is 5.91 Å². The van der Waals surface area contributed by atoms with E-state index in [0.29, 0.717) is 12.2 Å². The van der Waals surface area contributed by atoms with Crippen LogP contribution in [0.2, 0.25) is 0 Å². The number of para-hydroxylation sites is 1. The number of benzene rings is 1. The molecule has 0 aliphatic heterocycles. The predicted molar refractivity (Wildman–Crippen MR) is 113 cm³/mol. The van der Waals surface area contributed by atoms with Crippen LogP contribution in [0.15, 0.2) is 18.2 Å². The highest BCUT2D eigenvalue weighted by molar-refractivity contribution is 5.93. The number of nitrogens with one attached hydrogen (secondary N) is 1. The molecule has 1 atom stereocenters. The highest BCUT2D eigenvalue weighted by Crippen LogP contribution is 2.31. The molecule has 158 valence electrons. The first kappa shape index (κ1) is 21.2. The number of aromatic nitrogens is 2. The molecule has 7 heteroatoms. The van der Waals surface area contributed by atoms with Crippen LogP contribution >= 0.6 is 0 Å². The third-order valence-corrected chi connectivity index (χ3v) is 5.46. The molecule has 0 unspecified atom stereocenters. The highest BCUT2D eigenvalue weighted by atomic mass is 16.5. The summed E-state index contributed by atoms with van der Waals surface area (Å²) in [6.45, 7) is 3.67. The van der Waals surface area contributed by atoms with Crippen LogP contribution in [0, 0.1) is 0 Å². The van der Waals surface area contributed by atoms with E-state index in [0.717, 1.165) is 54.9 Å². The Labute approximate surface area is 173 Å². The lowest BCUT2D eigenvalue weighted by Crippen LogP contribution is -2.35. The Morgan fingerprint density at radius 1 is 1.31 bits per heavy atom. The maximum atomic E-state index is 12.7. The molecule has 3 rings (SSSR count). The lowest BCUT2D eigenvalue weighted by Gasteiger charge is -2.25. The smallest absolute Gasteiger partial charge is 0.274 e. The Morgan fingerprint density at radius 3 is 2.76 bits per heavy atom. The third-order valence-electron chi connectivity index (χ3n) is 5.46. The number of carbonyl (C=O) groups is 1. The van der Waals surface area contributed by atoms with Crippen LogP contribution in [0.5, 0.6) is 11.5 Å². The van der Waals surface area contributed by atoms with Crippen molar-refractivity contribution in [2.75, 3.05) is 28.3 Å². The van der Waals surface area contributed by atoms with Crippen LogP contribution < -0.4 is 14.8 Å². The van der Waals surface area contributed by atoms with Crippen molar-refractivity contribution in [3.05, 3.63) is 40.7 Å². The van der Waals surface area contributed by atoms with Gasteiger partial charge in [-0.25, -0.2) is 0 Å². The van der Waals surface area contributed by atoms with Gasteiger partial charge in [0.25, 0.3) is 5.91 Å². The number of methoxy groups -OCH3 is 2. The van der Waals surface area contributed by atoms with Crippen LogP contribution in [0.25, 0.3) is 0 Å². The fraction of sp³-hybridized carbons (Fsp3) is 0.545. The summed E-state index contributed by atoms with van der Waals surface area (Å²) in [5.74, 6) is 1.47. The van der Waals surface area contributed by atoms with E-state index in [1.165, 1.54) is 5.69 Å². The minimum atomic E-state index is -0.0220. The number of aryl methyl sites for hydroxylation is 1. The van der Waals surface area contributed by atoms with E-state index < -0.39 is 0 Å². The van der Waals surface area contributed by atoms with Gasteiger partial charge in [-0.05, 0) is 31.7 Å². The average molecular weight is 401 g/mol. The first-order chi connectivity index (χ1) is 14.0. The molecule has 1 aliphatic rings. The largest absolute Gasteiger partial charge is 0.493 e. The van der Waals surface area contributed by atoms with Gasteiger partial charge in [-0.1, -0.05) is 19.1 Å². The topological polar surface area (TPSA) is 68.6 Å². The Morgan fingerprint density at radius 2 is 2.10 bits per heavy atom. The summed E-state index contributed by atoms with van der Waals surface area (Å²) >= 11 is 0. The van der Waals surface area contributed by atoms with E-state index in [-0.39, 0.29) is 11.9 Å². The van der Waals surface area contributed by atoms with Crippen LogP contribution in [0.4, 0.5) is 0 Å². The Balaban J connectivity index is 1.78. The number of hydrogen-bond acceptors (Lipinski definition) is 5. The summed E-state index contributed by atoms with van der Waals surface area (Å²) in [6, 6.07) is 6.20. The van der Waals surface area contributed by atoms with Crippen LogP contribution in [-0.2, 0) is 25.9 Å². The molecule has 0 saturated carbocycles. The number of hydrogen-bond donors (Lipinski definition) is 1. The minimum Gasteiger partial charge on any atom is -0.493 e. The van der Waals surface area contributed by atoms with Gasteiger partial charge in [0.05, 0.1) is 14.2 Å². The molecule has 1 heterocycles. The number of fused-ring (bicyclic) bond motifs is 1. The van der Waals surface area contributed by atoms with Gasteiger partial charge in [0, 0.05) is 50.0 Å². The van der Waals surface area contributed by atoms with Crippen molar-refractivity contribution in [1.29, 1.82) is 0 Å². The number of nitrogens with zero attached hydrogens (tertiary/aromatic N) is 3. The van der Waals surface area contributed by atoms with E-state index in [1.807, 2.05) is 22.9 Å². The number of amides is 1. The van der Waals surface area contributed by atoms with Crippen LogP contribution in [-0.4, -0.2) is 54.9 Å². The van der Waals surface area contributed by atoms with Gasteiger partial charge >= 0.3 is 0 Å². The van der Waals surface area contributed by atoms with Crippen molar-refractivity contribution < 1.29 is 14.3 Å². The van der Waals surface area contributed by atoms with E-state index >= 15 is 0 Å². The number of ether oxygens (including phenoxy) is 2. The molecule has 1 aromatic carbocycles. The molecular weight excluding hydrogens is 368 g/mol. The molecule has 1 N–H and O–H groups in total. The van der Waals surface area contributed by atoms with Crippen LogP contribution in [0.3, 0.4) is 0 Å². The van der Waals surface area contributed by atoms with Crippen LogP contribution in [0.1, 0.15) is 47.1 Å². The van der Waals surface area contributed by atoms with Crippen molar-refractivity contribution in [3.63, 3.8) is 0 Å². The zero-order valence-electron chi connectivity index (χ0n) is 18.1. The van der Waals surface area contributed by atoms with Gasteiger partial charge in [0.1, 0.15) is 0 Å². The zero-order chi connectivity index (χ0) is 21.0. The molecule has 2 aromatic rings. The second kappa shape index (κ2) is 9.31. The lowest BCUT2D eigenvalue weighted by atomic mass is 9.91.